The zero-order valence-corrected chi connectivity index (χ0v) is 24.4. The molecule has 0 radical (unpaired) electrons. The van der Waals surface area contributed by atoms with Crippen LogP contribution in [0.15, 0.2) is 81.9 Å². The summed E-state index contributed by atoms with van der Waals surface area (Å²) in [5.74, 6) is -0.292. The lowest BCUT2D eigenvalue weighted by atomic mass is 9.92. The number of amidine groups is 1. The third-order valence-electron chi connectivity index (χ3n) is 7.02. The Labute approximate surface area is 255 Å². The summed E-state index contributed by atoms with van der Waals surface area (Å²) in [6, 6.07) is 6.52. The summed E-state index contributed by atoms with van der Waals surface area (Å²) < 4.78 is 110. The van der Waals surface area contributed by atoms with Crippen LogP contribution in [0.3, 0.4) is 0 Å². The molecule has 230 valence electrons. The minimum Gasteiger partial charge on any atom is -0.326 e. The van der Waals surface area contributed by atoms with Crippen molar-refractivity contribution in [1.82, 2.24) is 24.4 Å². The fourth-order valence-electron chi connectivity index (χ4n) is 5.16. The molecule has 1 fully saturated rings. The van der Waals surface area contributed by atoms with Crippen LogP contribution in [0.1, 0.15) is 40.8 Å². The maximum atomic E-state index is 14.0. The first-order valence-corrected chi connectivity index (χ1v) is 15.5. The number of alkyl halides is 5. The maximum Gasteiger partial charge on any atom is 0.416 e. The van der Waals surface area contributed by atoms with Crippen molar-refractivity contribution < 1.29 is 34.8 Å². The summed E-state index contributed by atoms with van der Waals surface area (Å²) in [6.07, 6.45) is -2.16. The summed E-state index contributed by atoms with van der Waals surface area (Å²) in [7, 11) is -4.44. The highest BCUT2D eigenvalue weighted by atomic mass is 35.5. The quantitative estimate of drug-likeness (QED) is 0.226. The fourth-order valence-corrected chi connectivity index (χ4v) is 7.34. The first-order valence-electron chi connectivity index (χ1n) is 12.8. The molecular weight excluding hydrogens is 654 g/mol. The number of halogens is 7. The molecule has 4 aromatic rings. The van der Waals surface area contributed by atoms with E-state index in [1.165, 1.54) is 35.7 Å². The molecule has 8 nitrogen and oxygen atoms in total. The molecule has 2 aromatic heterocycles. The highest BCUT2D eigenvalue weighted by Gasteiger charge is 2.42. The minimum absolute atomic E-state index is 0.0110. The second-order valence-corrected chi connectivity index (χ2v) is 12.9. The lowest BCUT2D eigenvalue weighted by Gasteiger charge is -2.32. The van der Waals surface area contributed by atoms with Gasteiger partial charge in [-0.25, -0.2) is 27.2 Å². The number of hydrogen-bond acceptors (Lipinski definition) is 7. The van der Waals surface area contributed by atoms with E-state index in [-0.39, 0.29) is 23.7 Å². The Balaban J connectivity index is 1.46. The predicted molar refractivity (Wildman–Crippen MR) is 150 cm³/mol. The Hall–Kier alpha value is -3.73. The van der Waals surface area contributed by atoms with Crippen molar-refractivity contribution in [1.29, 1.82) is 0 Å². The van der Waals surface area contributed by atoms with Gasteiger partial charge in [0.2, 0.25) is 10.0 Å². The average molecular weight is 673 g/mol. The number of aliphatic imine (C=N–C) groups is 1. The van der Waals surface area contributed by atoms with E-state index in [2.05, 4.69) is 14.8 Å². The van der Waals surface area contributed by atoms with Gasteiger partial charge in [-0.2, -0.15) is 27.1 Å². The smallest absolute Gasteiger partial charge is 0.326 e. The Kier molecular flexibility index (Phi) is 7.80. The Bertz CT molecular complexity index is 1890. The van der Waals surface area contributed by atoms with Gasteiger partial charge >= 0.3 is 12.7 Å². The molecule has 4 heterocycles. The van der Waals surface area contributed by atoms with Crippen molar-refractivity contribution in [2.45, 2.75) is 36.1 Å². The third-order valence-corrected chi connectivity index (χ3v) is 9.63. The van der Waals surface area contributed by atoms with Crippen molar-refractivity contribution in [3.8, 4) is 0 Å². The fraction of sp³-hybridized carbons (Fsp3) is 0.222. The number of hydrogen-bond donors (Lipinski definition) is 1. The molecule has 2 atom stereocenters. The van der Waals surface area contributed by atoms with E-state index in [0.717, 1.165) is 30.5 Å². The number of thiazole rings is 1. The van der Waals surface area contributed by atoms with Crippen LogP contribution in [0.4, 0.5) is 26.3 Å². The van der Waals surface area contributed by atoms with Crippen molar-refractivity contribution in [2.24, 2.45) is 4.99 Å². The lowest BCUT2D eigenvalue weighted by molar-refractivity contribution is -0.137. The standard InChI is InChI=1S/C27H19ClF6N6O2S2/c28-19-11-15(29)4-5-18(19)23-22(20-6-8-40(37-20)26(30)31)21-12-16(13-39(21)24(36-23)25-35-7-9-43-25)38-44(41,42)17-3-1-2-14(10-17)27(32,33)34/h1-11,16,23,26,38H,12-13H2/t16-,23-/m0/s1. The molecule has 1 saturated heterocycles. The van der Waals surface area contributed by atoms with Crippen LogP contribution in [-0.2, 0) is 16.2 Å². The number of rotatable bonds is 7. The first kappa shape index (κ1) is 30.3. The molecule has 17 heteroatoms. The summed E-state index contributed by atoms with van der Waals surface area (Å²) in [5.41, 5.74) is 0.0785. The Morgan fingerprint density at radius 2 is 1.91 bits per heavy atom. The van der Waals surface area contributed by atoms with Gasteiger partial charge in [0, 0.05) is 58.6 Å². The van der Waals surface area contributed by atoms with Gasteiger partial charge < -0.3 is 4.90 Å². The van der Waals surface area contributed by atoms with Gasteiger partial charge in [0.25, 0.3) is 0 Å². The Morgan fingerprint density at radius 1 is 1.11 bits per heavy atom. The number of sulfonamides is 1. The molecule has 2 aromatic carbocycles. The topological polar surface area (TPSA) is 92.5 Å². The highest BCUT2D eigenvalue weighted by molar-refractivity contribution is 7.89. The van der Waals surface area contributed by atoms with Gasteiger partial charge in [-0.1, -0.05) is 23.7 Å². The zero-order valence-electron chi connectivity index (χ0n) is 22.0. The van der Waals surface area contributed by atoms with Crippen molar-refractivity contribution >= 4 is 44.4 Å². The predicted octanol–water partition coefficient (Wildman–Crippen LogP) is 6.51. The average Bonchev–Trinajstić information content (AvgIpc) is 3.73. The zero-order chi connectivity index (χ0) is 31.4. The van der Waals surface area contributed by atoms with Gasteiger partial charge in [0.05, 0.1) is 16.2 Å². The van der Waals surface area contributed by atoms with Crippen LogP contribution in [0.25, 0.3) is 5.57 Å². The molecular formula is C27H19ClF6N6O2S2. The van der Waals surface area contributed by atoms with Crippen LogP contribution in [-0.4, -0.2) is 46.5 Å². The van der Waals surface area contributed by atoms with Crippen molar-refractivity contribution in [3.05, 3.63) is 105 Å². The molecule has 0 spiro atoms. The molecule has 0 bridgehead atoms. The molecule has 0 unspecified atom stereocenters. The highest BCUT2D eigenvalue weighted by Crippen LogP contribution is 2.46. The second kappa shape index (κ2) is 11.3. The van der Waals surface area contributed by atoms with Gasteiger partial charge in [-0.3, -0.25) is 4.99 Å². The van der Waals surface area contributed by atoms with Crippen LogP contribution in [0.2, 0.25) is 5.02 Å². The molecule has 6 rings (SSSR count). The van der Waals surface area contributed by atoms with E-state index in [1.54, 1.807) is 10.3 Å². The monoisotopic (exact) mass is 672 g/mol. The number of aromatic nitrogens is 3. The Morgan fingerprint density at radius 3 is 2.57 bits per heavy atom. The molecule has 0 aliphatic carbocycles. The van der Waals surface area contributed by atoms with Crippen LogP contribution >= 0.6 is 22.9 Å². The molecule has 2 aliphatic rings. The van der Waals surface area contributed by atoms with Crippen LogP contribution < -0.4 is 4.72 Å². The van der Waals surface area contributed by atoms with Crippen molar-refractivity contribution in [2.75, 3.05) is 6.54 Å². The maximum absolute atomic E-state index is 14.0. The normalized spacial score (nSPS) is 19.1. The number of benzene rings is 2. The summed E-state index contributed by atoms with van der Waals surface area (Å²) in [4.78, 5) is 10.3. The molecule has 44 heavy (non-hydrogen) atoms. The SMILES string of the molecule is O=S(=O)(N[C@H]1CC2=C(c3ccn(C(F)F)n3)[C@H](c3ccc(F)cc3Cl)N=C(c3nccs3)N2C1)c1cccc(C(F)(F)F)c1. The largest absolute Gasteiger partial charge is 0.416 e. The van der Waals surface area contributed by atoms with Gasteiger partial charge in [0.15, 0.2) is 10.8 Å². The van der Waals surface area contributed by atoms with E-state index >= 15 is 0 Å². The first-order chi connectivity index (χ1) is 20.8. The molecule has 0 amide bonds. The van der Waals surface area contributed by atoms with Crippen LogP contribution in [0, 0.1) is 5.82 Å². The second-order valence-electron chi connectivity index (χ2n) is 9.84. The summed E-state index contributed by atoms with van der Waals surface area (Å²) >= 11 is 7.68. The van der Waals surface area contributed by atoms with Crippen LogP contribution in [0.5, 0.6) is 0 Å². The van der Waals surface area contributed by atoms with E-state index < -0.39 is 51.1 Å². The van der Waals surface area contributed by atoms with E-state index in [4.69, 9.17) is 16.6 Å². The molecule has 1 N–H and O–H groups in total. The molecule has 2 aliphatic heterocycles. The van der Waals surface area contributed by atoms with Gasteiger partial charge in [-0.15, -0.1) is 11.3 Å². The number of fused-ring (bicyclic) bond motifs is 1. The molecule has 0 saturated carbocycles. The third kappa shape index (κ3) is 5.74. The summed E-state index contributed by atoms with van der Waals surface area (Å²) in [6.45, 7) is -2.97. The van der Waals surface area contributed by atoms with Gasteiger partial charge in [0.1, 0.15) is 11.9 Å². The van der Waals surface area contributed by atoms with Gasteiger partial charge in [-0.05, 0) is 36.4 Å². The summed E-state index contributed by atoms with van der Waals surface area (Å²) in [5, 5.41) is 6.18. The van der Waals surface area contributed by atoms with Crippen molar-refractivity contribution in [3.63, 3.8) is 0 Å². The van der Waals surface area contributed by atoms with E-state index in [0.29, 0.717) is 38.4 Å². The number of nitrogens with zero attached hydrogens (tertiary/aromatic N) is 5. The lowest BCUT2D eigenvalue weighted by Crippen LogP contribution is -2.39. The minimum atomic E-state index is -4.75. The van der Waals surface area contributed by atoms with E-state index in [9.17, 15) is 34.8 Å². The van der Waals surface area contributed by atoms with E-state index in [1.807, 2.05) is 0 Å². The number of nitrogens with one attached hydrogen (secondary N) is 1.